The number of esters is 2. The molecular weight excluding hydrogens is 599 g/mol. The maximum atomic E-state index is 13.5. The third kappa shape index (κ3) is 5.30. The molecule has 0 spiro atoms. The summed E-state index contributed by atoms with van der Waals surface area (Å²) in [5, 5.41) is 26.8. The Kier molecular flexibility index (Phi) is 7.64. The molecule has 218 valence electrons. The fraction of sp³-hybridized carbons (Fsp3) is 0.0556. The Morgan fingerprint density at radius 1 is 0.568 bits per heavy atom. The number of benzene rings is 6. The quantitative estimate of drug-likeness (QED) is 0.147. The van der Waals surface area contributed by atoms with Gasteiger partial charge in [-0.05, 0) is 95.1 Å². The van der Waals surface area contributed by atoms with Crippen LogP contribution in [0.5, 0.6) is 23.0 Å². The molecule has 0 saturated carbocycles. The molecular formula is C36H24Cl2O6. The second kappa shape index (κ2) is 11.6. The normalized spacial score (nSPS) is 11.1. The van der Waals surface area contributed by atoms with E-state index in [1.807, 2.05) is 0 Å². The second-order valence-corrected chi connectivity index (χ2v) is 11.2. The standard InChI is InChI=1S/C36H24Cl2O6/c1-19-15-23(37)11-13-29(19)43-35(41)27-17-21-7-3-5-9-25(21)31(33(27)39)32-26-10-6-4-8-22(26)18-28(34(32)40)36(42)44-30-14-12-24(38)16-20(30)2/h3-18,39-40H,1-2H3. The molecule has 0 bridgehead atoms. The number of halogens is 2. The van der Waals surface area contributed by atoms with Gasteiger partial charge in [-0.3, -0.25) is 0 Å². The number of ether oxygens (including phenoxy) is 2. The first-order chi connectivity index (χ1) is 21.1. The van der Waals surface area contributed by atoms with Gasteiger partial charge >= 0.3 is 11.9 Å². The first kappa shape index (κ1) is 29.1. The van der Waals surface area contributed by atoms with E-state index in [0.717, 1.165) is 0 Å². The van der Waals surface area contributed by atoms with Gasteiger partial charge in [-0.25, -0.2) is 9.59 Å². The second-order valence-electron chi connectivity index (χ2n) is 10.3. The van der Waals surface area contributed by atoms with Crippen molar-refractivity contribution in [1.82, 2.24) is 0 Å². The van der Waals surface area contributed by atoms with Crippen molar-refractivity contribution in [1.29, 1.82) is 0 Å². The molecule has 0 amide bonds. The van der Waals surface area contributed by atoms with Crippen LogP contribution in [0.25, 0.3) is 32.7 Å². The predicted octanol–water partition coefficient (Wildman–Crippen LogP) is 9.43. The first-order valence-corrected chi connectivity index (χ1v) is 14.3. The van der Waals surface area contributed by atoms with E-state index in [4.69, 9.17) is 32.7 Å². The van der Waals surface area contributed by atoms with Crippen molar-refractivity contribution in [3.8, 4) is 34.1 Å². The number of fused-ring (bicyclic) bond motifs is 2. The van der Waals surface area contributed by atoms with Crippen molar-refractivity contribution in [3.05, 3.63) is 129 Å². The summed E-state index contributed by atoms with van der Waals surface area (Å²) in [6, 6.07) is 27.0. The maximum absolute atomic E-state index is 13.5. The highest BCUT2D eigenvalue weighted by Crippen LogP contribution is 2.48. The molecule has 0 heterocycles. The molecule has 0 unspecified atom stereocenters. The minimum Gasteiger partial charge on any atom is -0.506 e. The summed E-state index contributed by atoms with van der Waals surface area (Å²) in [7, 11) is 0. The lowest BCUT2D eigenvalue weighted by Crippen LogP contribution is -2.11. The summed E-state index contributed by atoms with van der Waals surface area (Å²) in [5.41, 5.74) is 1.35. The summed E-state index contributed by atoms with van der Waals surface area (Å²) in [6.45, 7) is 3.50. The zero-order valence-electron chi connectivity index (χ0n) is 23.5. The van der Waals surface area contributed by atoms with Crippen LogP contribution in [-0.2, 0) is 0 Å². The number of phenolic OH excluding ortho intramolecular Hbond substituents is 2. The number of aryl methyl sites for hydroxylation is 2. The van der Waals surface area contributed by atoms with E-state index in [0.29, 0.717) is 42.7 Å². The molecule has 0 aromatic heterocycles. The highest BCUT2D eigenvalue weighted by molar-refractivity contribution is 6.31. The van der Waals surface area contributed by atoms with Crippen LogP contribution in [0, 0.1) is 13.8 Å². The molecule has 2 N–H and O–H groups in total. The van der Waals surface area contributed by atoms with Crippen molar-refractivity contribution >= 4 is 56.7 Å². The summed E-state index contributed by atoms with van der Waals surface area (Å²) in [6.07, 6.45) is 0. The molecule has 6 aromatic carbocycles. The van der Waals surface area contributed by atoms with Crippen LogP contribution in [-0.4, -0.2) is 22.2 Å². The number of phenols is 2. The fourth-order valence-electron chi connectivity index (χ4n) is 5.25. The zero-order chi connectivity index (χ0) is 31.1. The number of hydrogen-bond acceptors (Lipinski definition) is 6. The number of aromatic hydroxyl groups is 2. The molecule has 0 aliphatic heterocycles. The first-order valence-electron chi connectivity index (χ1n) is 13.6. The molecule has 6 nitrogen and oxygen atoms in total. The summed E-state index contributed by atoms with van der Waals surface area (Å²) in [4.78, 5) is 27.0. The lowest BCUT2D eigenvalue weighted by Gasteiger charge is -2.18. The highest BCUT2D eigenvalue weighted by Gasteiger charge is 2.27. The molecule has 6 aromatic rings. The average Bonchev–Trinajstić information content (AvgIpc) is 3.00. The Morgan fingerprint density at radius 3 is 1.34 bits per heavy atom. The molecule has 0 saturated heterocycles. The third-order valence-electron chi connectivity index (χ3n) is 7.41. The van der Waals surface area contributed by atoms with Gasteiger partial charge in [-0.15, -0.1) is 0 Å². The fourth-order valence-corrected chi connectivity index (χ4v) is 5.71. The summed E-state index contributed by atoms with van der Waals surface area (Å²) < 4.78 is 11.3. The van der Waals surface area contributed by atoms with Gasteiger partial charge in [0.1, 0.15) is 34.1 Å². The van der Waals surface area contributed by atoms with Gasteiger partial charge in [-0.1, -0.05) is 71.7 Å². The van der Waals surface area contributed by atoms with E-state index in [1.54, 1.807) is 98.8 Å². The SMILES string of the molecule is Cc1cc(Cl)ccc1OC(=O)c1cc2ccccc2c(-c2c(O)c(C(=O)Oc3ccc(Cl)cc3C)cc3ccccc23)c1O. The lowest BCUT2D eigenvalue weighted by atomic mass is 9.88. The van der Waals surface area contributed by atoms with E-state index in [-0.39, 0.29) is 33.8 Å². The molecule has 6 rings (SSSR count). The molecule has 44 heavy (non-hydrogen) atoms. The number of carbonyl (C=O) groups is 2. The van der Waals surface area contributed by atoms with Crippen molar-refractivity contribution in [2.45, 2.75) is 13.8 Å². The van der Waals surface area contributed by atoms with Crippen LogP contribution < -0.4 is 9.47 Å². The molecule has 0 radical (unpaired) electrons. The van der Waals surface area contributed by atoms with Crippen LogP contribution in [0.2, 0.25) is 10.0 Å². The van der Waals surface area contributed by atoms with Crippen molar-refractivity contribution in [3.63, 3.8) is 0 Å². The van der Waals surface area contributed by atoms with Gasteiger partial charge in [0.25, 0.3) is 0 Å². The minimum atomic E-state index is -0.808. The molecule has 0 aliphatic rings. The monoisotopic (exact) mass is 622 g/mol. The van der Waals surface area contributed by atoms with E-state index in [2.05, 4.69) is 0 Å². The number of rotatable bonds is 5. The topological polar surface area (TPSA) is 93.1 Å². The Labute approximate surface area is 262 Å². The van der Waals surface area contributed by atoms with Crippen LogP contribution in [0.15, 0.2) is 97.1 Å². The van der Waals surface area contributed by atoms with Crippen LogP contribution in [0.4, 0.5) is 0 Å². The molecule has 8 heteroatoms. The van der Waals surface area contributed by atoms with Crippen molar-refractivity contribution in [2.75, 3.05) is 0 Å². The number of carbonyl (C=O) groups excluding carboxylic acids is 2. The van der Waals surface area contributed by atoms with Crippen molar-refractivity contribution < 1.29 is 29.3 Å². The van der Waals surface area contributed by atoms with Gasteiger partial charge in [0.15, 0.2) is 0 Å². The average molecular weight is 623 g/mol. The van der Waals surface area contributed by atoms with E-state index in [1.165, 1.54) is 12.1 Å². The van der Waals surface area contributed by atoms with Crippen molar-refractivity contribution in [2.24, 2.45) is 0 Å². The van der Waals surface area contributed by atoms with Gasteiger partial charge in [0.2, 0.25) is 0 Å². The number of hydrogen-bond donors (Lipinski definition) is 2. The Hall–Kier alpha value is -5.04. The summed E-state index contributed by atoms with van der Waals surface area (Å²) >= 11 is 12.1. The smallest absolute Gasteiger partial charge is 0.347 e. The lowest BCUT2D eigenvalue weighted by molar-refractivity contribution is 0.0720. The largest absolute Gasteiger partial charge is 0.506 e. The third-order valence-corrected chi connectivity index (χ3v) is 7.88. The predicted molar refractivity (Wildman–Crippen MR) is 173 cm³/mol. The van der Waals surface area contributed by atoms with Gasteiger partial charge in [0, 0.05) is 21.2 Å². The van der Waals surface area contributed by atoms with Crippen LogP contribution >= 0.6 is 23.2 Å². The Bertz CT molecular complexity index is 1980. The van der Waals surface area contributed by atoms with Crippen LogP contribution in [0.1, 0.15) is 31.8 Å². The summed E-state index contributed by atoms with van der Waals surface area (Å²) in [5.74, 6) is -1.89. The Morgan fingerprint density at radius 2 is 0.955 bits per heavy atom. The van der Waals surface area contributed by atoms with E-state index < -0.39 is 23.4 Å². The van der Waals surface area contributed by atoms with Gasteiger partial charge in [0.05, 0.1) is 0 Å². The van der Waals surface area contributed by atoms with E-state index in [9.17, 15) is 19.8 Å². The van der Waals surface area contributed by atoms with Gasteiger partial charge < -0.3 is 19.7 Å². The minimum absolute atomic E-state index is 0.124. The van der Waals surface area contributed by atoms with Gasteiger partial charge in [-0.2, -0.15) is 0 Å². The van der Waals surface area contributed by atoms with Crippen LogP contribution in [0.3, 0.4) is 0 Å². The molecule has 0 atom stereocenters. The zero-order valence-corrected chi connectivity index (χ0v) is 25.0. The molecule has 0 aliphatic carbocycles. The maximum Gasteiger partial charge on any atom is 0.347 e. The highest BCUT2D eigenvalue weighted by atomic mass is 35.5. The molecule has 0 fully saturated rings. The van der Waals surface area contributed by atoms with E-state index >= 15 is 0 Å². The Balaban J connectivity index is 1.56.